The molecule has 2 amide bonds. The average Bonchev–Trinajstić information content (AvgIpc) is 2.79. The van der Waals surface area contributed by atoms with Crippen molar-refractivity contribution in [2.75, 3.05) is 13.1 Å². The molecule has 1 aromatic carbocycles. The maximum absolute atomic E-state index is 13.0. The Morgan fingerprint density at radius 3 is 2.79 bits per heavy atom. The molecule has 0 spiro atoms. The molecule has 6 heteroatoms. The number of carbonyl (C=O) groups is 2. The SMILES string of the molecule is CCNC(=O)CNC(=O)c1cc2cc(F)ccc2[nH]1. The Balaban J connectivity index is 2.07. The first-order valence-corrected chi connectivity index (χ1v) is 5.93. The van der Waals surface area contributed by atoms with E-state index in [0.29, 0.717) is 23.1 Å². The highest BCUT2D eigenvalue weighted by atomic mass is 19.1. The van der Waals surface area contributed by atoms with Crippen LogP contribution in [0.25, 0.3) is 10.9 Å². The van der Waals surface area contributed by atoms with Gasteiger partial charge in [0.2, 0.25) is 5.91 Å². The van der Waals surface area contributed by atoms with Crippen LogP contribution in [0.1, 0.15) is 17.4 Å². The van der Waals surface area contributed by atoms with Crippen molar-refractivity contribution < 1.29 is 14.0 Å². The number of halogens is 1. The molecule has 0 saturated heterocycles. The largest absolute Gasteiger partial charge is 0.355 e. The van der Waals surface area contributed by atoms with Gasteiger partial charge in [-0.25, -0.2) is 4.39 Å². The number of carbonyl (C=O) groups excluding carboxylic acids is 2. The molecule has 0 fully saturated rings. The van der Waals surface area contributed by atoms with E-state index in [2.05, 4.69) is 15.6 Å². The molecule has 0 aliphatic rings. The first kappa shape index (κ1) is 13.1. The Morgan fingerprint density at radius 2 is 2.05 bits per heavy atom. The summed E-state index contributed by atoms with van der Waals surface area (Å²) < 4.78 is 13.0. The molecule has 1 heterocycles. The lowest BCUT2D eigenvalue weighted by Gasteiger charge is -2.03. The Labute approximate surface area is 109 Å². The van der Waals surface area contributed by atoms with E-state index in [1.165, 1.54) is 12.1 Å². The van der Waals surface area contributed by atoms with Crippen LogP contribution in [0, 0.1) is 5.82 Å². The third-order valence-corrected chi connectivity index (χ3v) is 2.61. The second-order valence-corrected chi connectivity index (χ2v) is 4.05. The number of benzene rings is 1. The number of fused-ring (bicyclic) bond motifs is 1. The number of hydrogen-bond acceptors (Lipinski definition) is 2. The molecular formula is C13H14FN3O2. The minimum atomic E-state index is -0.400. The molecular weight excluding hydrogens is 249 g/mol. The van der Waals surface area contributed by atoms with Gasteiger partial charge in [0.1, 0.15) is 11.5 Å². The number of amides is 2. The lowest BCUT2D eigenvalue weighted by molar-refractivity contribution is -0.120. The molecule has 0 aliphatic carbocycles. The predicted octanol–water partition coefficient (Wildman–Crippen LogP) is 1.17. The number of rotatable bonds is 4. The van der Waals surface area contributed by atoms with Crippen LogP contribution in [0.3, 0.4) is 0 Å². The van der Waals surface area contributed by atoms with E-state index in [4.69, 9.17) is 0 Å². The number of hydrogen-bond donors (Lipinski definition) is 3. The van der Waals surface area contributed by atoms with E-state index < -0.39 is 5.91 Å². The minimum absolute atomic E-state index is 0.0869. The molecule has 5 nitrogen and oxygen atoms in total. The molecule has 0 unspecified atom stereocenters. The van der Waals surface area contributed by atoms with E-state index in [1.54, 1.807) is 19.1 Å². The summed E-state index contributed by atoms with van der Waals surface area (Å²) in [6, 6.07) is 5.76. The maximum Gasteiger partial charge on any atom is 0.268 e. The standard InChI is InChI=1S/C13H14FN3O2/c1-2-15-12(18)7-16-13(19)11-6-8-5-9(14)3-4-10(8)17-11/h3-6,17H,2,7H2,1H3,(H,15,18)(H,16,19). The van der Waals surface area contributed by atoms with Crippen LogP contribution >= 0.6 is 0 Å². The van der Waals surface area contributed by atoms with Gasteiger partial charge in [-0.05, 0) is 31.2 Å². The summed E-state index contributed by atoms with van der Waals surface area (Å²) in [4.78, 5) is 25.9. The van der Waals surface area contributed by atoms with Gasteiger partial charge in [0.05, 0.1) is 6.54 Å². The van der Waals surface area contributed by atoms with Crippen molar-refractivity contribution >= 4 is 22.7 Å². The second-order valence-electron chi connectivity index (χ2n) is 4.05. The Bertz CT molecular complexity index is 621. The third-order valence-electron chi connectivity index (χ3n) is 2.61. The lowest BCUT2D eigenvalue weighted by atomic mass is 10.2. The number of H-pyrrole nitrogens is 1. The molecule has 0 aliphatic heterocycles. The molecule has 0 bridgehead atoms. The van der Waals surface area contributed by atoms with E-state index in [-0.39, 0.29) is 18.3 Å². The van der Waals surface area contributed by atoms with Crippen LogP contribution in [-0.2, 0) is 4.79 Å². The first-order valence-electron chi connectivity index (χ1n) is 5.93. The highest BCUT2D eigenvalue weighted by Gasteiger charge is 2.10. The Kier molecular flexibility index (Phi) is 3.79. The molecule has 3 N–H and O–H groups in total. The fourth-order valence-corrected chi connectivity index (χ4v) is 1.74. The zero-order chi connectivity index (χ0) is 13.8. The maximum atomic E-state index is 13.0. The molecule has 0 atom stereocenters. The number of nitrogens with one attached hydrogen (secondary N) is 3. The van der Waals surface area contributed by atoms with E-state index in [0.717, 1.165) is 0 Å². The van der Waals surface area contributed by atoms with Crippen molar-refractivity contribution in [2.45, 2.75) is 6.92 Å². The van der Waals surface area contributed by atoms with Gasteiger partial charge in [0.25, 0.3) is 5.91 Å². The number of aromatic nitrogens is 1. The van der Waals surface area contributed by atoms with Crippen LogP contribution in [0.5, 0.6) is 0 Å². The van der Waals surface area contributed by atoms with Crippen molar-refractivity contribution in [2.24, 2.45) is 0 Å². The molecule has 0 radical (unpaired) electrons. The highest BCUT2D eigenvalue weighted by Crippen LogP contribution is 2.16. The van der Waals surface area contributed by atoms with Crippen molar-refractivity contribution in [1.29, 1.82) is 0 Å². The first-order chi connectivity index (χ1) is 9.10. The number of likely N-dealkylation sites (N-methyl/N-ethyl adjacent to an activating group) is 1. The molecule has 2 aromatic rings. The molecule has 2 rings (SSSR count). The fourth-order valence-electron chi connectivity index (χ4n) is 1.74. The van der Waals surface area contributed by atoms with Gasteiger partial charge < -0.3 is 15.6 Å². The molecule has 100 valence electrons. The molecule has 1 aromatic heterocycles. The second kappa shape index (κ2) is 5.51. The zero-order valence-corrected chi connectivity index (χ0v) is 10.4. The summed E-state index contributed by atoms with van der Waals surface area (Å²) in [5.41, 5.74) is 0.967. The van der Waals surface area contributed by atoms with Crippen molar-refractivity contribution in [3.05, 3.63) is 35.8 Å². The van der Waals surface area contributed by atoms with Gasteiger partial charge in [-0.2, -0.15) is 0 Å². The van der Waals surface area contributed by atoms with Gasteiger partial charge in [-0.1, -0.05) is 0 Å². The van der Waals surface area contributed by atoms with Crippen LogP contribution in [0.2, 0.25) is 0 Å². The fraction of sp³-hybridized carbons (Fsp3) is 0.231. The quantitative estimate of drug-likeness (QED) is 0.774. The van der Waals surface area contributed by atoms with Crippen molar-refractivity contribution in [1.82, 2.24) is 15.6 Å². The van der Waals surface area contributed by atoms with Gasteiger partial charge in [0, 0.05) is 17.4 Å². The molecule has 0 saturated carbocycles. The Hall–Kier alpha value is -2.37. The topological polar surface area (TPSA) is 74.0 Å². The summed E-state index contributed by atoms with van der Waals surface area (Å²) in [5, 5.41) is 5.67. The summed E-state index contributed by atoms with van der Waals surface area (Å²) >= 11 is 0. The summed E-state index contributed by atoms with van der Waals surface area (Å²) in [5.74, 6) is -1.01. The summed E-state index contributed by atoms with van der Waals surface area (Å²) in [6.45, 7) is 2.22. The number of aromatic amines is 1. The predicted molar refractivity (Wildman–Crippen MR) is 69.3 cm³/mol. The van der Waals surface area contributed by atoms with Gasteiger partial charge in [-0.15, -0.1) is 0 Å². The van der Waals surface area contributed by atoms with Gasteiger partial charge in [0.15, 0.2) is 0 Å². The Morgan fingerprint density at radius 1 is 1.26 bits per heavy atom. The van der Waals surface area contributed by atoms with Crippen molar-refractivity contribution in [3.63, 3.8) is 0 Å². The van der Waals surface area contributed by atoms with Gasteiger partial charge in [-0.3, -0.25) is 9.59 Å². The van der Waals surface area contributed by atoms with E-state index >= 15 is 0 Å². The highest BCUT2D eigenvalue weighted by molar-refractivity contribution is 5.99. The van der Waals surface area contributed by atoms with Gasteiger partial charge >= 0.3 is 0 Å². The third kappa shape index (κ3) is 3.09. The average molecular weight is 263 g/mol. The zero-order valence-electron chi connectivity index (χ0n) is 10.4. The lowest BCUT2D eigenvalue weighted by Crippen LogP contribution is -2.36. The smallest absolute Gasteiger partial charge is 0.268 e. The van der Waals surface area contributed by atoms with Crippen LogP contribution < -0.4 is 10.6 Å². The van der Waals surface area contributed by atoms with Crippen LogP contribution in [-0.4, -0.2) is 29.9 Å². The van der Waals surface area contributed by atoms with E-state index in [1.807, 2.05) is 0 Å². The van der Waals surface area contributed by atoms with E-state index in [9.17, 15) is 14.0 Å². The monoisotopic (exact) mass is 263 g/mol. The summed E-state index contributed by atoms with van der Waals surface area (Å²) in [6.07, 6.45) is 0. The molecule has 19 heavy (non-hydrogen) atoms. The summed E-state index contributed by atoms with van der Waals surface area (Å²) in [7, 11) is 0. The van der Waals surface area contributed by atoms with Crippen LogP contribution in [0.15, 0.2) is 24.3 Å². The normalized spacial score (nSPS) is 10.4. The minimum Gasteiger partial charge on any atom is -0.355 e. The van der Waals surface area contributed by atoms with Crippen LogP contribution in [0.4, 0.5) is 4.39 Å². The van der Waals surface area contributed by atoms with Crippen molar-refractivity contribution in [3.8, 4) is 0 Å².